The molecule has 1 aromatic carbocycles. The standard InChI is InChI=1S/C17H26N2O/c1-6-15-17(20)19(10-11(2)3)16(18-15)14-9-12(4)7-8-13(14)5/h7-9,11,15-16,18H,6,10H2,1-5H3. The molecule has 1 fully saturated rings. The lowest BCUT2D eigenvalue weighted by Gasteiger charge is -2.27. The number of benzene rings is 1. The van der Waals surface area contributed by atoms with Crippen LogP contribution in [0.1, 0.15) is 50.0 Å². The van der Waals surface area contributed by atoms with Gasteiger partial charge in [-0.2, -0.15) is 0 Å². The number of carbonyl (C=O) groups excluding carboxylic acids is 1. The fourth-order valence-electron chi connectivity index (χ4n) is 2.87. The molecular weight excluding hydrogens is 248 g/mol. The van der Waals surface area contributed by atoms with Gasteiger partial charge in [-0.05, 0) is 37.3 Å². The number of nitrogens with one attached hydrogen (secondary N) is 1. The van der Waals surface area contributed by atoms with Crippen molar-refractivity contribution in [2.75, 3.05) is 6.54 Å². The van der Waals surface area contributed by atoms with Crippen LogP contribution in [0.2, 0.25) is 0 Å². The third-order valence-corrected chi connectivity index (χ3v) is 3.95. The van der Waals surface area contributed by atoms with Crippen LogP contribution in [0, 0.1) is 19.8 Å². The van der Waals surface area contributed by atoms with Gasteiger partial charge in [-0.25, -0.2) is 0 Å². The van der Waals surface area contributed by atoms with E-state index in [-0.39, 0.29) is 18.1 Å². The highest BCUT2D eigenvalue weighted by Gasteiger charge is 2.39. The summed E-state index contributed by atoms with van der Waals surface area (Å²) in [5.41, 5.74) is 3.71. The van der Waals surface area contributed by atoms with Crippen molar-refractivity contribution in [3.63, 3.8) is 0 Å². The number of carbonyl (C=O) groups is 1. The molecule has 2 unspecified atom stereocenters. The zero-order valence-corrected chi connectivity index (χ0v) is 13.2. The maximum Gasteiger partial charge on any atom is 0.241 e. The number of hydrogen-bond acceptors (Lipinski definition) is 2. The van der Waals surface area contributed by atoms with Crippen molar-refractivity contribution in [1.82, 2.24) is 10.2 Å². The van der Waals surface area contributed by atoms with Gasteiger partial charge in [-0.3, -0.25) is 10.1 Å². The Morgan fingerprint density at radius 3 is 2.60 bits per heavy atom. The van der Waals surface area contributed by atoms with Crippen LogP contribution in [0.25, 0.3) is 0 Å². The molecule has 1 aliphatic heterocycles. The number of rotatable bonds is 4. The minimum Gasteiger partial charge on any atom is -0.321 e. The maximum absolute atomic E-state index is 12.5. The first-order chi connectivity index (χ1) is 9.43. The van der Waals surface area contributed by atoms with E-state index in [1.807, 2.05) is 4.90 Å². The number of nitrogens with zero attached hydrogens (tertiary/aromatic N) is 1. The van der Waals surface area contributed by atoms with E-state index in [0.717, 1.165) is 13.0 Å². The summed E-state index contributed by atoms with van der Waals surface area (Å²) < 4.78 is 0. The zero-order valence-electron chi connectivity index (χ0n) is 13.2. The van der Waals surface area contributed by atoms with Gasteiger partial charge in [0.1, 0.15) is 6.17 Å². The van der Waals surface area contributed by atoms with Crippen LogP contribution in [-0.2, 0) is 4.79 Å². The smallest absolute Gasteiger partial charge is 0.241 e. The average molecular weight is 274 g/mol. The summed E-state index contributed by atoms with van der Waals surface area (Å²) in [7, 11) is 0. The second-order valence-electron chi connectivity index (χ2n) is 6.27. The first kappa shape index (κ1) is 15.0. The lowest BCUT2D eigenvalue weighted by Crippen LogP contribution is -2.34. The predicted octanol–water partition coefficient (Wildman–Crippen LogP) is 3.17. The van der Waals surface area contributed by atoms with Crippen molar-refractivity contribution in [2.24, 2.45) is 5.92 Å². The summed E-state index contributed by atoms with van der Waals surface area (Å²) in [6, 6.07) is 6.42. The van der Waals surface area contributed by atoms with E-state index in [2.05, 4.69) is 58.1 Å². The highest BCUT2D eigenvalue weighted by Crippen LogP contribution is 2.30. The van der Waals surface area contributed by atoms with E-state index in [1.54, 1.807) is 0 Å². The third kappa shape index (κ3) is 2.88. The maximum atomic E-state index is 12.5. The summed E-state index contributed by atoms with van der Waals surface area (Å²) in [4.78, 5) is 14.5. The molecule has 2 atom stereocenters. The third-order valence-electron chi connectivity index (χ3n) is 3.95. The molecule has 0 aliphatic carbocycles. The molecule has 3 heteroatoms. The molecule has 1 saturated heterocycles. The van der Waals surface area contributed by atoms with Crippen molar-refractivity contribution in [3.05, 3.63) is 34.9 Å². The number of amides is 1. The van der Waals surface area contributed by atoms with E-state index in [9.17, 15) is 4.79 Å². The van der Waals surface area contributed by atoms with Crippen LogP contribution in [-0.4, -0.2) is 23.4 Å². The fraction of sp³-hybridized carbons (Fsp3) is 0.588. The lowest BCUT2D eigenvalue weighted by molar-refractivity contribution is -0.130. The number of aryl methyl sites for hydroxylation is 2. The van der Waals surface area contributed by atoms with E-state index < -0.39 is 0 Å². The Balaban J connectivity index is 2.36. The average Bonchev–Trinajstić information content (AvgIpc) is 2.69. The van der Waals surface area contributed by atoms with Crippen LogP contribution < -0.4 is 5.32 Å². The summed E-state index contributed by atoms with van der Waals surface area (Å²) in [6.07, 6.45) is 0.865. The van der Waals surface area contributed by atoms with Crippen LogP contribution in [0.3, 0.4) is 0 Å². The Labute approximate surface area is 122 Å². The summed E-state index contributed by atoms with van der Waals surface area (Å²) >= 11 is 0. The van der Waals surface area contributed by atoms with Gasteiger partial charge < -0.3 is 4.90 Å². The first-order valence-electron chi connectivity index (χ1n) is 7.57. The van der Waals surface area contributed by atoms with Crippen molar-refractivity contribution in [3.8, 4) is 0 Å². The van der Waals surface area contributed by atoms with E-state index in [1.165, 1.54) is 16.7 Å². The lowest BCUT2D eigenvalue weighted by atomic mass is 10.0. The Morgan fingerprint density at radius 1 is 1.30 bits per heavy atom. The van der Waals surface area contributed by atoms with Gasteiger partial charge in [-0.15, -0.1) is 0 Å². The molecule has 0 radical (unpaired) electrons. The van der Waals surface area contributed by atoms with Gasteiger partial charge in [0, 0.05) is 6.54 Å². The Kier molecular flexibility index (Phi) is 4.48. The van der Waals surface area contributed by atoms with Gasteiger partial charge in [0.2, 0.25) is 5.91 Å². The highest BCUT2D eigenvalue weighted by molar-refractivity contribution is 5.84. The molecule has 110 valence electrons. The van der Waals surface area contributed by atoms with E-state index in [4.69, 9.17) is 0 Å². The predicted molar refractivity (Wildman–Crippen MR) is 82.4 cm³/mol. The van der Waals surface area contributed by atoms with Crippen LogP contribution in [0.15, 0.2) is 18.2 Å². The molecule has 1 heterocycles. The van der Waals surface area contributed by atoms with E-state index in [0.29, 0.717) is 5.92 Å². The molecule has 0 bridgehead atoms. The molecule has 20 heavy (non-hydrogen) atoms. The van der Waals surface area contributed by atoms with Crippen LogP contribution in [0.5, 0.6) is 0 Å². The molecule has 0 saturated carbocycles. The summed E-state index contributed by atoms with van der Waals surface area (Å²) in [5.74, 6) is 0.719. The highest BCUT2D eigenvalue weighted by atomic mass is 16.2. The molecule has 0 spiro atoms. The zero-order chi connectivity index (χ0) is 14.9. The van der Waals surface area contributed by atoms with Crippen molar-refractivity contribution < 1.29 is 4.79 Å². The quantitative estimate of drug-likeness (QED) is 0.914. The summed E-state index contributed by atoms with van der Waals surface area (Å²) in [6.45, 7) is 11.4. The van der Waals surface area contributed by atoms with Crippen LogP contribution >= 0.6 is 0 Å². The molecule has 1 N–H and O–H groups in total. The SMILES string of the molecule is CCC1NC(c2cc(C)ccc2C)N(CC(C)C)C1=O. The van der Waals surface area contributed by atoms with Gasteiger partial charge in [-0.1, -0.05) is 44.5 Å². The Bertz CT molecular complexity index is 496. The fourth-order valence-corrected chi connectivity index (χ4v) is 2.87. The number of hydrogen-bond donors (Lipinski definition) is 1. The molecule has 0 aromatic heterocycles. The van der Waals surface area contributed by atoms with Gasteiger partial charge in [0.05, 0.1) is 6.04 Å². The molecule has 1 amide bonds. The van der Waals surface area contributed by atoms with Gasteiger partial charge in [0.25, 0.3) is 0 Å². The minimum absolute atomic E-state index is 0.0229. The normalized spacial score (nSPS) is 22.9. The van der Waals surface area contributed by atoms with Crippen LogP contribution in [0.4, 0.5) is 0 Å². The molecule has 1 aliphatic rings. The van der Waals surface area contributed by atoms with E-state index >= 15 is 0 Å². The first-order valence-corrected chi connectivity index (χ1v) is 7.57. The Hall–Kier alpha value is -1.35. The Morgan fingerprint density at radius 2 is 2.00 bits per heavy atom. The minimum atomic E-state index is -0.0429. The second kappa shape index (κ2) is 5.96. The molecule has 2 rings (SSSR count). The molecular formula is C17H26N2O. The van der Waals surface area contributed by atoms with Crippen molar-refractivity contribution >= 4 is 5.91 Å². The van der Waals surface area contributed by atoms with Gasteiger partial charge in [0.15, 0.2) is 0 Å². The largest absolute Gasteiger partial charge is 0.321 e. The molecule has 3 nitrogen and oxygen atoms in total. The van der Waals surface area contributed by atoms with Gasteiger partial charge >= 0.3 is 0 Å². The topological polar surface area (TPSA) is 32.3 Å². The second-order valence-corrected chi connectivity index (χ2v) is 6.27. The summed E-state index contributed by atoms with van der Waals surface area (Å²) in [5, 5.41) is 3.51. The monoisotopic (exact) mass is 274 g/mol. The van der Waals surface area contributed by atoms with Crippen molar-refractivity contribution in [2.45, 2.75) is 53.2 Å². The molecule has 1 aromatic rings. The van der Waals surface area contributed by atoms with Crippen molar-refractivity contribution in [1.29, 1.82) is 0 Å².